The third-order valence-electron chi connectivity index (χ3n) is 4.65. The molecule has 0 aliphatic rings. The fourth-order valence-corrected chi connectivity index (χ4v) is 2.71. The Hall–Kier alpha value is -0.820. The van der Waals surface area contributed by atoms with Gasteiger partial charge in [-0.15, -0.1) is 0 Å². The van der Waals surface area contributed by atoms with Gasteiger partial charge in [-0.25, -0.2) is 0 Å². The van der Waals surface area contributed by atoms with Crippen LogP contribution in [0.15, 0.2) is 0 Å². The van der Waals surface area contributed by atoms with Crippen molar-refractivity contribution in [3.05, 3.63) is 0 Å². The summed E-state index contributed by atoms with van der Waals surface area (Å²) in [4.78, 5) is 23.6. The molecule has 0 saturated carbocycles. The van der Waals surface area contributed by atoms with Gasteiger partial charge in [-0.2, -0.15) is 0 Å². The highest BCUT2D eigenvalue weighted by Gasteiger charge is 2.19. The van der Waals surface area contributed by atoms with E-state index in [4.69, 9.17) is 18.9 Å². The van der Waals surface area contributed by atoms with Crippen molar-refractivity contribution in [3.8, 4) is 0 Å². The van der Waals surface area contributed by atoms with Crippen molar-refractivity contribution in [2.75, 3.05) is 46.2 Å². The molecule has 0 bridgehead atoms. The van der Waals surface area contributed by atoms with Crippen molar-refractivity contribution < 1.29 is 28.5 Å². The van der Waals surface area contributed by atoms with Gasteiger partial charge < -0.3 is 18.9 Å². The third-order valence-corrected chi connectivity index (χ3v) is 4.65. The highest BCUT2D eigenvalue weighted by molar-refractivity contribution is 5.83. The van der Waals surface area contributed by atoms with Crippen molar-refractivity contribution in [3.63, 3.8) is 0 Å². The summed E-state index contributed by atoms with van der Waals surface area (Å²) in [6, 6.07) is 0. The second-order valence-corrected chi connectivity index (χ2v) is 10.0. The van der Waals surface area contributed by atoms with Crippen LogP contribution in [-0.4, -0.2) is 63.4 Å². The second-order valence-electron chi connectivity index (χ2n) is 10.0. The van der Waals surface area contributed by atoms with Gasteiger partial charge in [-0.1, -0.05) is 20.8 Å². The smallest absolute Gasteiger partial charge is 0.138 e. The third kappa shape index (κ3) is 22.2. The topological polar surface area (TPSA) is 71.1 Å². The molecule has 0 aliphatic carbocycles. The quantitative estimate of drug-likeness (QED) is 0.242. The van der Waals surface area contributed by atoms with E-state index in [1.807, 2.05) is 41.5 Å². The lowest BCUT2D eigenvalue weighted by Crippen LogP contribution is -2.20. The van der Waals surface area contributed by atoms with Crippen molar-refractivity contribution in [1.82, 2.24) is 0 Å². The van der Waals surface area contributed by atoms with Crippen LogP contribution < -0.4 is 0 Å². The van der Waals surface area contributed by atoms with Gasteiger partial charge in [0.1, 0.15) is 11.6 Å². The summed E-state index contributed by atoms with van der Waals surface area (Å²) >= 11 is 0. The van der Waals surface area contributed by atoms with Crippen LogP contribution in [0, 0.1) is 5.41 Å². The average molecular weight is 445 g/mol. The van der Waals surface area contributed by atoms with Crippen LogP contribution in [-0.2, 0) is 28.5 Å². The van der Waals surface area contributed by atoms with Crippen LogP contribution in [0.3, 0.4) is 0 Å². The zero-order chi connectivity index (χ0) is 23.6. The van der Waals surface area contributed by atoms with Crippen LogP contribution >= 0.6 is 0 Å². The first kappa shape index (κ1) is 30.2. The highest BCUT2D eigenvalue weighted by atomic mass is 16.5. The molecule has 0 saturated heterocycles. The minimum atomic E-state index is -0.240. The van der Waals surface area contributed by atoms with Gasteiger partial charge in [0, 0.05) is 44.5 Å². The van der Waals surface area contributed by atoms with E-state index in [0.717, 1.165) is 32.1 Å². The number of ketones is 2. The SMILES string of the molecule is CC(C)(C)OCCCC(=O)CCCCOCCOCCOCCCCC(=O)C(C)(C)C. The minimum Gasteiger partial charge on any atom is -0.379 e. The number of carbonyl (C=O) groups excluding carboxylic acids is 2. The molecule has 0 radical (unpaired) electrons. The van der Waals surface area contributed by atoms with E-state index in [9.17, 15) is 9.59 Å². The largest absolute Gasteiger partial charge is 0.379 e. The molecule has 0 aromatic heterocycles. The van der Waals surface area contributed by atoms with E-state index >= 15 is 0 Å². The van der Waals surface area contributed by atoms with Crippen molar-refractivity contribution >= 4 is 11.6 Å². The number of Topliss-reactive ketones (excluding diaryl/α,β-unsaturated/α-hetero) is 2. The molecular weight excluding hydrogens is 396 g/mol. The molecule has 0 heterocycles. The van der Waals surface area contributed by atoms with Gasteiger partial charge in [-0.3, -0.25) is 9.59 Å². The molecule has 0 rings (SSSR count). The lowest BCUT2D eigenvalue weighted by Gasteiger charge is -2.19. The van der Waals surface area contributed by atoms with E-state index in [2.05, 4.69) is 0 Å². The monoisotopic (exact) mass is 444 g/mol. The predicted octanol–water partition coefficient (Wildman–Crippen LogP) is 5.16. The molecule has 0 N–H and O–H groups in total. The summed E-state index contributed by atoms with van der Waals surface area (Å²) in [5, 5.41) is 0. The van der Waals surface area contributed by atoms with E-state index in [0.29, 0.717) is 77.1 Å². The molecule has 0 unspecified atom stereocenters. The number of rotatable bonds is 20. The number of ether oxygens (including phenoxy) is 4. The fraction of sp³-hybridized carbons (Fsp3) is 0.920. The van der Waals surface area contributed by atoms with Crippen molar-refractivity contribution in [2.45, 2.75) is 98.5 Å². The Morgan fingerprint density at radius 3 is 1.48 bits per heavy atom. The molecule has 6 nitrogen and oxygen atoms in total. The van der Waals surface area contributed by atoms with E-state index in [1.54, 1.807) is 0 Å². The summed E-state index contributed by atoms with van der Waals surface area (Å²) in [5.74, 6) is 0.616. The molecule has 6 heteroatoms. The zero-order valence-electron chi connectivity index (χ0n) is 21.1. The first-order valence-electron chi connectivity index (χ1n) is 11.9. The van der Waals surface area contributed by atoms with Crippen molar-refractivity contribution in [2.24, 2.45) is 5.41 Å². The molecule has 0 aromatic rings. The number of hydrogen-bond donors (Lipinski definition) is 0. The van der Waals surface area contributed by atoms with Gasteiger partial charge in [0.15, 0.2) is 0 Å². The number of carbonyl (C=O) groups is 2. The molecule has 0 fully saturated rings. The minimum absolute atomic E-state index is 0.133. The predicted molar refractivity (Wildman–Crippen MR) is 125 cm³/mol. The number of hydrogen-bond acceptors (Lipinski definition) is 6. The Bertz CT molecular complexity index is 462. The molecule has 0 atom stereocenters. The zero-order valence-corrected chi connectivity index (χ0v) is 21.1. The average Bonchev–Trinajstić information content (AvgIpc) is 2.66. The van der Waals surface area contributed by atoms with Crippen molar-refractivity contribution in [1.29, 1.82) is 0 Å². The highest BCUT2D eigenvalue weighted by Crippen LogP contribution is 2.18. The first-order chi connectivity index (χ1) is 14.5. The Morgan fingerprint density at radius 1 is 0.548 bits per heavy atom. The Morgan fingerprint density at radius 2 is 1.00 bits per heavy atom. The van der Waals surface area contributed by atoms with Crippen LogP contribution in [0.1, 0.15) is 92.9 Å². The Balaban J connectivity index is 3.26. The summed E-state index contributed by atoms with van der Waals surface area (Å²) in [6.07, 6.45) is 6.19. The lowest BCUT2D eigenvalue weighted by atomic mass is 9.88. The maximum atomic E-state index is 11.8. The van der Waals surface area contributed by atoms with Gasteiger partial charge in [0.25, 0.3) is 0 Å². The lowest BCUT2D eigenvalue weighted by molar-refractivity contribution is -0.126. The van der Waals surface area contributed by atoms with E-state index in [-0.39, 0.29) is 11.0 Å². The van der Waals surface area contributed by atoms with E-state index < -0.39 is 0 Å². The fourth-order valence-electron chi connectivity index (χ4n) is 2.71. The van der Waals surface area contributed by atoms with Crippen LogP contribution in [0.5, 0.6) is 0 Å². The van der Waals surface area contributed by atoms with Crippen LogP contribution in [0.25, 0.3) is 0 Å². The van der Waals surface area contributed by atoms with Gasteiger partial charge >= 0.3 is 0 Å². The van der Waals surface area contributed by atoms with Gasteiger partial charge in [0.2, 0.25) is 0 Å². The standard InChI is InChI=1S/C25H48O6/c1-24(2,3)23(27)14-8-10-16-29-19-21-30-20-18-28-15-9-7-12-22(26)13-11-17-31-25(4,5)6/h7-21H2,1-6H3. The summed E-state index contributed by atoms with van der Waals surface area (Å²) in [5.41, 5.74) is -0.374. The summed E-state index contributed by atoms with van der Waals surface area (Å²) < 4.78 is 22.1. The molecule has 0 aromatic carbocycles. The molecule has 0 amide bonds. The second kappa shape index (κ2) is 17.7. The maximum Gasteiger partial charge on any atom is 0.138 e. The Labute approximate surface area is 190 Å². The number of unbranched alkanes of at least 4 members (excludes halogenated alkanes) is 2. The summed E-state index contributed by atoms with van der Waals surface area (Å²) in [7, 11) is 0. The molecular formula is C25H48O6. The molecule has 0 aliphatic heterocycles. The maximum absolute atomic E-state index is 11.8. The van der Waals surface area contributed by atoms with Crippen LogP contribution in [0.2, 0.25) is 0 Å². The van der Waals surface area contributed by atoms with Crippen LogP contribution in [0.4, 0.5) is 0 Å². The first-order valence-corrected chi connectivity index (χ1v) is 11.9. The molecule has 184 valence electrons. The molecule has 0 spiro atoms. The normalized spacial score (nSPS) is 12.3. The molecule has 31 heavy (non-hydrogen) atoms. The Kier molecular flexibility index (Phi) is 17.2. The summed E-state index contributed by atoms with van der Waals surface area (Å²) in [6.45, 7) is 16.1. The van der Waals surface area contributed by atoms with Gasteiger partial charge in [0.05, 0.1) is 32.0 Å². The van der Waals surface area contributed by atoms with Gasteiger partial charge in [-0.05, 0) is 52.9 Å². The van der Waals surface area contributed by atoms with E-state index in [1.165, 1.54) is 0 Å².